The van der Waals surface area contributed by atoms with Gasteiger partial charge in [0.25, 0.3) is 0 Å². The van der Waals surface area contributed by atoms with E-state index in [2.05, 4.69) is 6.92 Å². The molecular formula is C9H20O3. The molecule has 0 aromatic carbocycles. The van der Waals surface area contributed by atoms with Crippen molar-refractivity contribution in [3.05, 3.63) is 0 Å². The van der Waals surface area contributed by atoms with Gasteiger partial charge in [-0.3, -0.25) is 0 Å². The van der Waals surface area contributed by atoms with E-state index in [9.17, 15) is 0 Å². The van der Waals surface area contributed by atoms with E-state index in [4.69, 9.17) is 14.2 Å². The van der Waals surface area contributed by atoms with Gasteiger partial charge in [-0.15, -0.1) is 0 Å². The average molecular weight is 176 g/mol. The third-order valence-electron chi connectivity index (χ3n) is 1.39. The van der Waals surface area contributed by atoms with Crippen LogP contribution >= 0.6 is 0 Å². The van der Waals surface area contributed by atoms with Gasteiger partial charge in [0.15, 0.2) is 0 Å². The molecule has 0 N–H and O–H groups in total. The second-order valence-corrected chi connectivity index (χ2v) is 2.75. The quantitative estimate of drug-likeness (QED) is 0.524. The maximum absolute atomic E-state index is 5.38. The number of methoxy groups -OCH3 is 1. The van der Waals surface area contributed by atoms with Crippen molar-refractivity contribution in [2.45, 2.75) is 26.4 Å². The predicted octanol–water partition coefficient (Wildman–Crippen LogP) is 1.46. The summed E-state index contributed by atoms with van der Waals surface area (Å²) < 4.78 is 15.5. The van der Waals surface area contributed by atoms with Crippen molar-refractivity contribution in [3.8, 4) is 0 Å². The largest absolute Gasteiger partial charge is 0.382 e. The van der Waals surface area contributed by atoms with Crippen molar-refractivity contribution in [1.29, 1.82) is 0 Å². The Balaban J connectivity index is 3.04. The van der Waals surface area contributed by atoms with Gasteiger partial charge >= 0.3 is 0 Å². The Hall–Kier alpha value is -0.120. The molecule has 0 saturated carbocycles. The Morgan fingerprint density at radius 3 is 2.50 bits per heavy atom. The summed E-state index contributed by atoms with van der Waals surface area (Å²) in [6.45, 7) is 6.89. The highest BCUT2D eigenvalue weighted by Gasteiger charge is 2.00. The summed E-state index contributed by atoms with van der Waals surface area (Å²) in [7, 11) is 1.67. The van der Waals surface area contributed by atoms with Crippen LogP contribution in [0.2, 0.25) is 0 Å². The SMILES string of the molecule is CCCOCC(C)OCCOC. The normalized spacial score (nSPS) is 13.2. The lowest BCUT2D eigenvalue weighted by molar-refractivity contribution is -0.0234. The van der Waals surface area contributed by atoms with Crippen molar-refractivity contribution in [3.63, 3.8) is 0 Å². The van der Waals surface area contributed by atoms with Crippen molar-refractivity contribution in [2.24, 2.45) is 0 Å². The smallest absolute Gasteiger partial charge is 0.0781 e. The summed E-state index contributed by atoms with van der Waals surface area (Å²) in [6, 6.07) is 0. The highest BCUT2D eigenvalue weighted by atomic mass is 16.5. The lowest BCUT2D eigenvalue weighted by Crippen LogP contribution is -2.18. The number of hydrogen-bond acceptors (Lipinski definition) is 3. The molecule has 0 aromatic rings. The first-order valence-electron chi connectivity index (χ1n) is 4.49. The van der Waals surface area contributed by atoms with Crippen LogP contribution in [-0.2, 0) is 14.2 Å². The Kier molecular flexibility index (Phi) is 8.88. The first kappa shape index (κ1) is 11.9. The van der Waals surface area contributed by atoms with Gasteiger partial charge in [0.2, 0.25) is 0 Å². The van der Waals surface area contributed by atoms with Gasteiger partial charge in [0, 0.05) is 13.7 Å². The molecule has 3 heteroatoms. The second-order valence-electron chi connectivity index (χ2n) is 2.75. The summed E-state index contributed by atoms with van der Waals surface area (Å²) in [5.41, 5.74) is 0. The number of hydrogen-bond donors (Lipinski definition) is 0. The molecular weight excluding hydrogens is 156 g/mol. The summed E-state index contributed by atoms with van der Waals surface area (Å²) in [5.74, 6) is 0. The molecule has 3 nitrogen and oxygen atoms in total. The fourth-order valence-corrected chi connectivity index (χ4v) is 0.774. The molecule has 0 aromatic heterocycles. The summed E-state index contributed by atoms with van der Waals surface area (Å²) in [6.07, 6.45) is 1.23. The maximum Gasteiger partial charge on any atom is 0.0781 e. The van der Waals surface area contributed by atoms with E-state index in [0.717, 1.165) is 13.0 Å². The van der Waals surface area contributed by atoms with E-state index in [1.807, 2.05) is 6.92 Å². The lowest BCUT2D eigenvalue weighted by atomic mass is 10.4. The Morgan fingerprint density at radius 2 is 1.92 bits per heavy atom. The lowest BCUT2D eigenvalue weighted by Gasteiger charge is -2.12. The van der Waals surface area contributed by atoms with E-state index in [-0.39, 0.29) is 6.10 Å². The highest BCUT2D eigenvalue weighted by Crippen LogP contribution is 1.92. The number of ether oxygens (including phenoxy) is 3. The van der Waals surface area contributed by atoms with Crippen molar-refractivity contribution >= 4 is 0 Å². The molecule has 0 aliphatic carbocycles. The van der Waals surface area contributed by atoms with Crippen LogP contribution in [0.25, 0.3) is 0 Å². The minimum atomic E-state index is 0.173. The molecule has 0 heterocycles. The van der Waals surface area contributed by atoms with Crippen molar-refractivity contribution < 1.29 is 14.2 Å². The maximum atomic E-state index is 5.38. The molecule has 0 bridgehead atoms. The molecule has 1 unspecified atom stereocenters. The summed E-state index contributed by atoms with van der Waals surface area (Å²) >= 11 is 0. The van der Waals surface area contributed by atoms with Gasteiger partial charge in [-0.2, -0.15) is 0 Å². The van der Waals surface area contributed by atoms with Crippen LogP contribution in [0, 0.1) is 0 Å². The fourth-order valence-electron chi connectivity index (χ4n) is 0.774. The zero-order valence-corrected chi connectivity index (χ0v) is 8.34. The van der Waals surface area contributed by atoms with E-state index in [0.29, 0.717) is 19.8 Å². The first-order valence-corrected chi connectivity index (χ1v) is 4.49. The van der Waals surface area contributed by atoms with Crippen LogP contribution in [0.1, 0.15) is 20.3 Å². The van der Waals surface area contributed by atoms with Crippen LogP contribution < -0.4 is 0 Å². The summed E-state index contributed by atoms with van der Waals surface area (Å²) in [5, 5.41) is 0. The molecule has 74 valence electrons. The van der Waals surface area contributed by atoms with Crippen molar-refractivity contribution in [1.82, 2.24) is 0 Å². The monoisotopic (exact) mass is 176 g/mol. The standard InChI is InChI=1S/C9H20O3/c1-4-5-11-8-9(2)12-7-6-10-3/h9H,4-8H2,1-3H3. The van der Waals surface area contributed by atoms with E-state index >= 15 is 0 Å². The highest BCUT2D eigenvalue weighted by molar-refractivity contribution is 4.46. The topological polar surface area (TPSA) is 27.7 Å². The van der Waals surface area contributed by atoms with Gasteiger partial charge in [-0.05, 0) is 13.3 Å². The van der Waals surface area contributed by atoms with Crippen LogP contribution in [-0.4, -0.2) is 39.6 Å². The molecule has 12 heavy (non-hydrogen) atoms. The molecule has 1 atom stereocenters. The predicted molar refractivity (Wildman–Crippen MR) is 48.4 cm³/mol. The van der Waals surface area contributed by atoms with Gasteiger partial charge in [-0.25, -0.2) is 0 Å². The Labute approximate surface area is 75.0 Å². The fraction of sp³-hybridized carbons (Fsp3) is 1.00. The van der Waals surface area contributed by atoms with Crippen molar-refractivity contribution in [2.75, 3.05) is 33.5 Å². The molecule has 0 rings (SSSR count). The van der Waals surface area contributed by atoms with E-state index in [1.54, 1.807) is 7.11 Å². The third-order valence-corrected chi connectivity index (χ3v) is 1.39. The Bertz CT molecular complexity index is 75.8. The van der Waals surface area contributed by atoms with Crippen LogP contribution in [0.15, 0.2) is 0 Å². The molecule has 0 fully saturated rings. The van der Waals surface area contributed by atoms with Crippen LogP contribution in [0.5, 0.6) is 0 Å². The van der Waals surface area contributed by atoms with Gasteiger partial charge < -0.3 is 14.2 Å². The second kappa shape index (κ2) is 8.97. The molecule has 0 spiro atoms. The van der Waals surface area contributed by atoms with E-state index in [1.165, 1.54) is 0 Å². The Morgan fingerprint density at radius 1 is 1.17 bits per heavy atom. The van der Waals surface area contributed by atoms with Gasteiger partial charge in [-0.1, -0.05) is 6.92 Å². The van der Waals surface area contributed by atoms with Gasteiger partial charge in [0.05, 0.1) is 25.9 Å². The minimum absolute atomic E-state index is 0.173. The minimum Gasteiger partial charge on any atom is -0.382 e. The zero-order chi connectivity index (χ0) is 9.23. The molecule has 0 saturated heterocycles. The molecule has 0 aliphatic heterocycles. The summed E-state index contributed by atoms with van der Waals surface area (Å²) in [4.78, 5) is 0. The molecule has 0 radical (unpaired) electrons. The van der Waals surface area contributed by atoms with Crippen LogP contribution in [0.4, 0.5) is 0 Å². The van der Waals surface area contributed by atoms with Crippen LogP contribution in [0.3, 0.4) is 0 Å². The first-order chi connectivity index (χ1) is 5.81. The average Bonchev–Trinajstić information content (AvgIpc) is 2.06. The van der Waals surface area contributed by atoms with Gasteiger partial charge in [0.1, 0.15) is 0 Å². The number of rotatable bonds is 8. The molecule has 0 aliphatic rings. The van der Waals surface area contributed by atoms with E-state index < -0.39 is 0 Å². The third kappa shape index (κ3) is 7.98. The molecule has 0 amide bonds. The zero-order valence-electron chi connectivity index (χ0n) is 8.34.